The molecule has 0 saturated carbocycles. The normalized spacial score (nSPS) is 11.3. The molecule has 0 radical (unpaired) electrons. The number of aromatic nitrogens is 6. The molecule has 0 N–H and O–H groups in total. The highest BCUT2D eigenvalue weighted by Gasteiger charge is 2.20. The summed E-state index contributed by atoms with van der Waals surface area (Å²) in [5, 5.41) is 4.30. The minimum absolute atomic E-state index is 0.587. The fourth-order valence-electron chi connectivity index (χ4n) is 8.52. The number of fused-ring (bicyclic) bond motifs is 6. The van der Waals surface area contributed by atoms with Crippen LogP contribution in [-0.2, 0) is 0 Å². The molecule has 322 valence electrons. The minimum atomic E-state index is 0.587. The number of rotatable bonds is 12. The summed E-state index contributed by atoms with van der Waals surface area (Å²) in [6.45, 7) is 0. The van der Waals surface area contributed by atoms with E-state index in [1.54, 1.807) is 53.2 Å². The van der Waals surface area contributed by atoms with Gasteiger partial charge >= 0.3 is 0 Å². The van der Waals surface area contributed by atoms with Gasteiger partial charge in [0, 0.05) is 56.9 Å². The maximum absolute atomic E-state index is 6.51. The van der Waals surface area contributed by atoms with E-state index >= 15 is 0 Å². The number of methoxy groups -OCH3 is 4. The van der Waals surface area contributed by atoms with Crippen LogP contribution in [0, 0.1) is 0 Å². The summed E-state index contributed by atoms with van der Waals surface area (Å²) in [6.07, 6.45) is 6.93. The molecule has 12 nitrogen and oxygen atoms in total. The van der Waals surface area contributed by atoms with Gasteiger partial charge in [0.25, 0.3) is 0 Å². The van der Waals surface area contributed by atoms with E-state index < -0.39 is 0 Å². The zero-order valence-corrected chi connectivity index (χ0v) is 36.3. The molecule has 5 aromatic heterocycles. The topological polar surface area (TPSA) is 117 Å². The van der Waals surface area contributed by atoms with E-state index in [4.69, 9.17) is 48.4 Å². The van der Waals surface area contributed by atoms with Gasteiger partial charge in [-0.25, -0.2) is 9.97 Å². The number of hydrogen-bond donors (Lipinski definition) is 0. The zero-order valence-electron chi connectivity index (χ0n) is 36.3. The van der Waals surface area contributed by atoms with Crippen LogP contribution >= 0.6 is 0 Å². The Kier molecular flexibility index (Phi) is 10.1. The molecule has 0 aliphatic rings. The predicted octanol–water partition coefficient (Wildman–Crippen LogP) is 12.4. The zero-order chi connectivity index (χ0) is 44.7. The van der Waals surface area contributed by atoms with Crippen molar-refractivity contribution in [3.05, 3.63) is 170 Å². The molecule has 0 saturated heterocycles. The van der Waals surface area contributed by atoms with Crippen LogP contribution in [0.4, 0.5) is 0 Å². The van der Waals surface area contributed by atoms with Gasteiger partial charge in [-0.3, -0.25) is 19.1 Å². The van der Waals surface area contributed by atoms with Crippen molar-refractivity contribution in [3.8, 4) is 80.1 Å². The summed E-state index contributed by atoms with van der Waals surface area (Å²) in [6, 6.07) is 47.9. The third-order valence-electron chi connectivity index (χ3n) is 11.6. The van der Waals surface area contributed by atoms with Crippen molar-refractivity contribution < 1.29 is 28.4 Å². The predicted molar refractivity (Wildman–Crippen MR) is 256 cm³/mol. The lowest BCUT2D eigenvalue weighted by molar-refractivity contribution is 0.389. The van der Waals surface area contributed by atoms with Crippen LogP contribution in [0.2, 0.25) is 0 Å². The van der Waals surface area contributed by atoms with E-state index in [9.17, 15) is 0 Å². The number of para-hydroxylation sites is 2. The van der Waals surface area contributed by atoms with Gasteiger partial charge in [0.1, 0.15) is 34.5 Å². The van der Waals surface area contributed by atoms with E-state index in [-0.39, 0.29) is 0 Å². The standard InChI is InChI=1S/C54H40N6O6/c1-61-39-27-51(63-3)53(57-29-39)59-47-17-7-5-15-41(47)43-21-19-37(25-49(43)59)65-35-13-9-11-33(23-35)45-31-56-46(32-55-45)34-12-10-14-36(24-34)66-38-20-22-44-42-16-6-8-18-48(42)60(50(44)26-38)54-52(64-4)28-40(62-2)30-58-54/h5-32H,1-4H3. The van der Waals surface area contributed by atoms with Gasteiger partial charge in [-0.05, 0) is 60.7 Å². The third kappa shape index (κ3) is 7.06. The molecule has 0 amide bonds. The number of nitrogens with zero attached hydrogens (tertiary/aromatic N) is 6. The summed E-state index contributed by atoms with van der Waals surface area (Å²) >= 11 is 0. The Morgan fingerprint density at radius 3 is 1.18 bits per heavy atom. The Bertz CT molecular complexity index is 3380. The second kappa shape index (κ2) is 16.7. The molecule has 11 aromatic rings. The molecule has 0 aliphatic carbocycles. The molecule has 0 aliphatic heterocycles. The molecular formula is C54H40N6O6. The van der Waals surface area contributed by atoms with Crippen molar-refractivity contribution in [2.75, 3.05) is 28.4 Å². The molecule has 66 heavy (non-hydrogen) atoms. The van der Waals surface area contributed by atoms with Crippen molar-refractivity contribution in [3.63, 3.8) is 0 Å². The van der Waals surface area contributed by atoms with E-state index in [2.05, 4.69) is 45.5 Å². The highest BCUT2D eigenvalue weighted by Crippen LogP contribution is 2.40. The molecule has 0 unspecified atom stereocenters. The van der Waals surface area contributed by atoms with Gasteiger partial charge in [0.05, 0.1) is 86.7 Å². The summed E-state index contributed by atoms with van der Waals surface area (Å²) in [7, 11) is 6.48. The number of benzene rings is 6. The van der Waals surface area contributed by atoms with E-state index in [1.165, 1.54) is 0 Å². The summed E-state index contributed by atoms with van der Waals surface area (Å²) in [4.78, 5) is 19.2. The summed E-state index contributed by atoms with van der Waals surface area (Å²) in [5.74, 6) is 6.32. The second-order valence-corrected chi connectivity index (χ2v) is 15.4. The first-order valence-corrected chi connectivity index (χ1v) is 21.1. The molecule has 0 atom stereocenters. The fraction of sp³-hybridized carbons (Fsp3) is 0.0741. The Hall–Kier alpha value is -8.90. The van der Waals surface area contributed by atoms with Gasteiger partial charge in [-0.1, -0.05) is 60.7 Å². The van der Waals surface area contributed by atoms with Crippen LogP contribution in [0.25, 0.3) is 77.8 Å². The molecule has 12 heteroatoms. The number of pyridine rings is 2. The third-order valence-corrected chi connectivity index (χ3v) is 11.6. The van der Waals surface area contributed by atoms with E-state index in [0.29, 0.717) is 69.0 Å². The maximum Gasteiger partial charge on any atom is 0.180 e. The molecule has 6 aromatic carbocycles. The first kappa shape index (κ1) is 39.9. The highest BCUT2D eigenvalue weighted by atomic mass is 16.5. The molecule has 0 bridgehead atoms. The lowest BCUT2D eigenvalue weighted by Crippen LogP contribution is -2.01. The molecule has 0 fully saturated rings. The van der Waals surface area contributed by atoms with Crippen molar-refractivity contribution in [2.24, 2.45) is 0 Å². The Morgan fingerprint density at radius 2 is 0.758 bits per heavy atom. The largest absolute Gasteiger partial charge is 0.495 e. The van der Waals surface area contributed by atoms with Gasteiger partial charge in [-0.15, -0.1) is 0 Å². The summed E-state index contributed by atoms with van der Waals surface area (Å²) in [5.41, 5.74) is 6.96. The second-order valence-electron chi connectivity index (χ2n) is 15.4. The lowest BCUT2D eigenvalue weighted by Gasteiger charge is -2.13. The smallest absolute Gasteiger partial charge is 0.180 e. The Balaban J connectivity index is 0.854. The average Bonchev–Trinajstić information content (AvgIpc) is 3.88. The van der Waals surface area contributed by atoms with Crippen LogP contribution in [0.1, 0.15) is 0 Å². The fourth-order valence-corrected chi connectivity index (χ4v) is 8.52. The van der Waals surface area contributed by atoms with Gasteiger partial charge in [0.2, 0.25) is 0 Å². The Morgan fingerprint density at radius 1 is 0.333 bits per heavy atom. The van der Waals surface area contributed by atoms with E-state index in [1.807, 2.05) is 109 Å². The maximum atomic E-state index is 6.51. The van der Waals surface area contributed by atoms with Crippen molar-refractivity contribution >= 4 is 43.6 Å². The van der Waals surface area contributed by atoms with Crippen molar-refractivity contribution in [1.82, 2.24) is 29.1 Å². The van der Waals surface area contributed by atoms with Crippen molar-refractivity contribution in [2.45, 2.75) is 0 Å². The summed E-state index contributed by atoms with van der Waals surface area (Å²) < 4.78 is 39.6. The van der Waals surface area contributed by atoms with Crippen LogP contribution in [-0.4, -0.2) is 57.5 Å². The van der Waals surface area contributed by atoms with Crippen molar-refractivity contribution in [1.29, 1.82) is 0 Å². The first-order chi connectivity index (χ1) is 32.5. The van der Waals surface area contributed by atoms with E-state index in [0.717, 1.165) is 54.7 Å². The minimum Gasteiger partial charge on any atom is -0.495 e. The van der Waals surface area contributed by atoms with Gasteiger partial charge < -0.3 is 28.4 Å². The molecule has 5 heterocycles. The number of ether oxygens (including phenoxy) is 6. The molecule has 11 rings (SSSR count). The number of hydrogen-bond acceptors (Lipinski definition) is 10. The average molecular weight is 869 g/mol. The van der Waals surface area contributed by atoms with Crippen LogP contribution in [0.15, 0.2) is 170 Å². The van der Waals surface area contributed by atoms with Gasteiger partial charge in [0.15, 0.2) is 23.1 Å². The van der Waals surface area contributed by atoms with Crippen LogP contribution < -0.4 is 28.4 Å². The lowest BCUT2D eigenvalue weighted by atomic mass is 10.1. The monoisotopic (exact) mass is 868 g/mol. The first-order valence-electron chi connectivity index (χ1n) is 21.1. The quantitative estimate of drug-likeness (QED) is 0.117. The molecule has 0 spiro atoms. The molecular weight excluding hydrogens is 829 g/mol. The highest BCUT2D eigenvalue weighted by molar-refractivity contribution is 6.10. The van der Waals surface area contributed by atoms with Gasteiger partial charge in [-0.2, -0.15) is 0 Å². The SMILES string of the molecule is COc1cnc(-n2c3ccccc3c3ccc(Oc4cccc(-c5cnc(-c6cccc(Oc7ccc8c9ccccc9n(-c9ncc(OC)cc9OC)c8c7)c6)cn5)c4)cc32)c(OC)c1. The van der Waals surface area contributed by atoms with Crippen LogP contribution in [0.3, 0.4) is 0 Å². The van der Waals surface area contributed by atoms with Crippen LogP contribution in [0.5, 0.6) is 46.0 Å². The Labute approximate surface area is 378 Å².